The molecule has 0 saturated heterocycles. The molecule has 1 heterocycles. The molecule has 0 unspecified atom stereocenters. The van der Waals surface area contributed by atoms with Crippen molar-refractivity contribution in [2.24, 2.45) is 0 Å². The Morgan fingerprint density at radius 1 is 0.704 bits per heavy atom. The van der Waals surface area contributed by atoms with Crippen LogP contribution in [0.25, 0.3) is 22.3 Å². The predicted molar refractivity (Wildman–Crippen MR) is 112 cm³/mol. The van der Waals surface area contributed by atoms with Gasteiger partial charge in [-0.05, 0) is 34.4 Å². The van der Waals surface area contributed by atoms with Crippen LogP contribution in [-0.4, -0.2) is 4.98 Å². The Bertz CT molecular complexity index is 1120. The van der Waals surface area contributed by atoms with Gasteiger partial charge in [0, 0.05) is 17.5 Å². The van der Waals surface area contributed by atoms with Crippen molar-refractivity contribution in [3.8, 4) is 22.3 Å². The lowest BCUT2D eigenvalue weighted by molar-refractivity contribution is 1.10. The predicted octanol–water partition coefficient (Wildman–Crippen LogP) is 4.88. The maximum atomic E-state index is 12.4. The van der Waals surface area contributed by atoms with Crippen molar-refractivity contribution >= 4 is 5.82 Å². The Morgan fingerprint density at radius 2 is 1.33 bits per heavy atom. The van der Waals surface area contributed by atoms with Crippen LogP contribution in [0.4, 0.5) is 5.82 Å². The highest BCUT2D eigenvalue weighted by Crippen LogP contribution is 2.29. The van der Waals surface area contributed by atoms with Crippen molar-refractivity contribution in [1.29, 1.82) is 0 Å². The summed E-state index contributed by atoms with van der Waals surface area (Å²) < 4.78 is 0. The maximum Gasteiger partial charge on any atom is 0.253 e. The Labute approximate surface area is 158 Å². The molecule has 132 valence electrons. The minimum absolute atomic E-state index is 0.140. The summed E-state index contributed by atoms with van der Waals surface area (Å²) in [6.45, 7) is 0. The van der Waals surface area contributed by atoms with Gasteiger partial charge in [-0.25, -0.2) is 0 Å². The molecule has 0 aliphatic heterocycles. The van der Waals surface area contributed by atoms with Crippen LogP contribution >= 0.6 is 0 Å². The van der Waals surface area contributed by atoms with E-state index in [1.807, 2.05) is 66.7 Å². The number of nitrogens with one attached hydrogen (secondary N) is 1. The van der Waals surface area contributed by atoms with Crippen LogP contribution in [-0.2, 0) is 6.42 Å². The van der Waals surface area contributed by atoms with Gasteiger partial charge in [0.1, 0.15) is 5.82 Å². The zero-order valence-corrected chi connectivity index (χ0v) is 14.9. The van der Waals surface area contributed by atoms with E-state index in [1.165, 1.54) is 0 Å². The van der Waals surface area contributed by atoms with E-state index >= 15 is 0 Å². The summed E-state index contributed by atoms with van der Waals surface area (Å²) in [6.07, 6.45) is 0.571. The molecule has 0 spiro atoms. The molecule has 0 fully saturated rings. The van der Waals surface area contributed by atoms with Crippen molar-refractivity contribution in [3.05, 3.63) is 112 Å². The zero-order chi connectivity index (χ0) is 18.6. The lowest BCUT2D eigenvalue weighted by Gasteiger charge is -2.11. The molecule has 0 amide bonds. The van der Waals surface area contributed by atoms with Crippen molar-refractivity contribution in [1.82, 2.24) is 4.98 Å². The molecule has 27 heavy (non-hydrogen) atoms. The van der Waals surface area contributed by atoms with Crippen LogP contribution in [0, 0.1) is 0 Å². The highest BCUT2D eigenvalue weighted by atomic mass is 16.1. The third-order valence-electron chi connectivity index (χ3n) is 4.67. The van der Waals surface area contributed by atoms with E-state index < -0.39 is 0 Å². The van der Waals surface area contributed by atoms with Gasteiger partial charge in [0.25, 0.3) is 5.56 Å². The first-order valence-corrected chi connectivity index (χ1v) is 8.92. The number of hydrogen-bond donors (Lipinski definition) is 2. The van der Waals surface area contributed by atoms with Crippen LogP contribution < -0.4 is 11.3 Å². The first kappa shape index (κ1) is 16.9. The molecule has 3 heteroatoms. The quantitative estimate of drug-likeness (QED) is 0.550. The van der Waals surface area contributed by atoms with E-state index in [0.717, 1.165) is 27.8 Å². The number of pyridine rings is 1. The number of rotatable bonds is 4. The highest BCUT2D eigenvalue weighted by molar-refractivity contribution is 5.78. The number of aromatic nitrogens is 1. The second-order valence-electron chi connectivity index (χ2n) is 6.56. The Kier molecular flexibility index (Phi) is 4.58. The first-order chi connectivity index (χ1) is 13.2. The fraction of sp³-hybridized carbons (Fsp3) is 0.0417. The molecule has 4 aromatic rings. The molecule has 0 radical (unpaired) electrons. The SMILES string of the molecule is Nc1[nH]c(=O)c(Cc2ccccc2)cc1-c1cccc(-c2ccccc2)c1. The van der Waals surface area contributed by atoms with Crippen molar-refractivity contribution in [3.63, 3.8) is 0 Å². The van der Waals surface area contributed by atoms with Gasteiger partial charge >= 0.3 is 0 Å². The van der Waals surface area contributed by atoms with E-state index in [4.69, 9.17) is 5.73 Å². The molecule has 0 aliphatic rings. The van der Waals surface area contributed by atoms with Crippen molar-refractivity contribution in [2.45, 2.75) is 6.42 Å². The van der Waals surface area contributed by atoms with E-state index in [0.29, 0.717) is 17.8 Å². The Hall–Kier alpha value is -3.59. The van der Waals surface area contributed by atoms with Gasteiger partial charge < -0.3 is 10.7 Å². The molecular weight excluding hydrogens is 332 g/mol. The van der Waals surface area contributed by atoms with Gasteiger partial charge in [-0.1, -0.05) is 78.9 Å². The Balaban J connectivity index is 1.76. The summed E-state index contributed by atoms with van der Waals surface area (Å²) in [6, 6.07) is 30.3. The Morgan fingerprint density at radius 3 is 2.07 bits per heavy atom. The standard InChI is InChI=1S/C24H20N2O/c25-23-22(16-21(24(27)26-23)14-17-8-3-1-4-9-17)20-13-7-12-19(15-20)18-10-5-2-6-11-18/h1-13,15-16H,14H2,(H3,25,26,27). The van der Waals surface area contributed by atoms with Crippen LogP contribution in [0.2, 0.25) is 0 Å². The van der Waals surface area contributed by atoms with Crippen LogP contribution in [0.15, 0.2) is 95.8 Å². The molecule has 4 rings (SSSR count). The second-order valence-corrected chi connectivity index (χ2v) is 6.56. The average Bonchev–Trinajstić information content (AvgIpc) is 2.71. The van der Waals surface area contributed by atoms with E-state index in [-0.39, 0.29) is 5.56 Å². The third-order valence-corrected chi connectivity index (χ3v) is 4.67. The van der Waals surface area contributed by atoms with Crippen LogP contribution in [0.3, 0.4) is 0 Å². The average molecular weight is 352 g/mol. The first-order valence-electron chi connectivity index (χ1n) is 8.92. The summed E-state index contributed by atoms with van der Waals surface area (Å²) in [4.78, 5) is 15.2. The molecule has 1 aromatic heterocycles. The maximum absolute atomic E-state index is 12.4. The summed E-state index contributed by atoms with van der Waals surface area (Å²) in [5, 5.41) is 0. The van der Waals surface area contributed by atoms with E-state index in [9.17, 15) is 4.79 Å². The van der Waals surface area contributed by atoms with E-state index in [2.05, 4.69) is 29.2 Å². The summed E-state index contributed by atoms with van der Waals surface area (Å²) >= 11 is 0. The minimum atomic E-state index is -0.140. The minimum Gasteiger partial charge on any atom is -0.385 e. The van der Waals surface area contributed by atoms with Gasteiger partial charge in [0.15, 0.2) is 0 Å². The number of nitrogen functional groups attached to an aromatic ring is 1. The lowest BCUT2D eigenvalue weighted by atomic mass is 9.97. The smallest absolute Gasteiger partial charge is 0.253 e. The summed E-state index contributed by atoms with van der Waals surface area (Å²) in [5.41, 5.74) is 11.9. The zero-order valence-electron chi connectivity index (χ0n) is 14.9. The number of benzene rings is 3. The molecular formula is C24H20N2O. The van der Waals surface area contributed by atoms with Gasteiger partial charge in [0.2, 0.25) is 0 Å². The monoisotopic (exact) mass is 352 g/mol. The second kappa shape index (κ2) is 7.34. The van der Waals surface area contributed by atoms with Crippen LogP contribution in [0.5, 0.6) is 0 Å². The number of hydrogen-bond acceptors (Lipinski definition) is 2. The normalized spacial score (nSPS) is 10.7. The highest BCUT2D eigenvalue weighted by Gasteiger charge is 2.10. The molecule has 3 N–H and O–H groups in total. The largest absolute Gasteiger partial charge is 0.385 e. The van der Waals surface area contributed by atoms with Gasteiger partial charge in [-0.3, -0.25) is 4.79 Å². The molecule has 0 atom stereocenters. The molecule has 0 aliphatic carbocycles. The number of nitrogens with two attached hydrogens (primary N) is 1. The topological polar surface area (TPSA) is 58.9 Å². The number of H-pyrrole nitrogens is 1. The lowest BCUT2D eigenvalue weighted by Crippen LogP contribution is -2.15. The fourth-order valence-electron chi connectivity index (χ4n) is 3.27. The van der Waals surface area contributed by atoms with Crippen LogP contribution in [0.1, 0.15) is 11.1 Å². The van der Waals surface area contributed by atoms with Gasteiger partial charge in [-0.2, -0.15) is 0 Å². The fourth-order valence-corrected chi connectivity index (χ4v) is 3.27. The summed E-state index contributed by atoms with van der Waals surface area (Å²) in [5.74, 6) is 0.391. The molecule has 3 nitrogen and oxygen atoms in total. The molecule has 0 bridgehead atoms. The summed E-state index contributed by atoms with van der Waals surface area (Å²) in [7, 11) is 0. The third kappa shape index (κ3) is 3.67. The molecule has 3 aromatic carbocycles. The number of aromatic amines is 1. The van der Waals surface area contributed by atoms with Gasteiger partial charge in [0.05, 0.1) is 0 Å². The number of anilines is 1. The van der Waals surface area contributed by atoms with E-state index in [1.54, 1.807) is 0 Å². The molecule has 0 saturated carbocycles. The van der Waals surface area contributed by atoms with Crippen molar-refractivity contribution < 1.29 is 0 Å². The van der Waals surface area contributed by atoms with Gasteiger partial charge in [-0.15, -0.1) is 0 Å². The van der Waals surface area contributed by atoms with Crippen molar-refractivity contribution in [2.75, 3.05) is 5.73 Å².